The molecule has 0 saturated carbocycles. The number of methoxy groups -OCH3 is 4. The van der Waals surface area contributed by atoms with Crippen LogP contribution in [0.25, 0.3) is 17.1 Å². The van der Waals surface area contributed by atoms with Crippen LogP contribution in [-0.4, -0.2) is 61.1 Å². The molecule has 4 rings (SSSR count). The summed E-state index contributed by atoms with van der Waals surface area (Å²) >= 11 is 1.25. The molecule has 0 atom stereocenters. The van der Waals surface area contributed by atoms with E-state index < -0.39 is 0 Å². The van der Waals surface area contributed by atoms with E-state index >= 15 is 0 Å². The van der Waals surface area contributed by atoms with Crippen LogP contribution in [0.5, 0.6) is 23.0 Å². The smallest absolute Gasteiger partial charge is 0.250 e. The standard InChI is InChI=1S/C28H29N5O5S/c1-18-6-8-19(9-7-18)27-31-32-28(33(27)20-10-12-21(35-2)13-11-20)39-17-26(34)30-29-16-23-24(37-4)14-22(36-3)15-25(23)38-5/h6-16H,17H2,1-5H3,(H,30,34). The molecular formula is C28H29N5O5S. The number of hydrogen-bond donors (Lipinski definition) is 1. The van der Waals surface area contributed by atoms with Crippen LogP contribution < -0.4 is 24.4 Å². The number of nitrogens with zero attached hydrogens (tertiary/aromatic N) is 4. The van der Waals surface area contributed by atoms with Gasteiger partial charge < -0.3 is 18.9 Å². The molecule has 0 spiro atoms. The first kappa shape index (κ1) is 27.5. The van der Waals surface area contributed by atoms with Crippen LogP contribution >= 0.6 is 11.8 Å². The van der Waals surface area contributed by atoms with Crippen molar-refractivity contribution in [1.82, 2.24) is 20.2 Å². The number of hydrazone groups is 1. The van der Waals surface area contributed by atoms with E-state index in [1.54, 1.807) is 26.4 Å². The maximum absolute atomic E-state index is 12.7. The molecule has 0 radical (unpaired) electrons. The molecule has 4 aromatic rings. The van der Waals surface area contributed by atoms with Gasteiger partial charge in [-0.3, -0.25) is 9.36 Å². The van der Waals surface area contributed by atoms with Crippen molar-refractivity contribution in [3.63, 3.8) is 0 Å². The summed E-state index contributed by atoms with van der Waals surface area (Å²) in [5.41, 5.74) is 6.01. The first-order valence-corrected chi connectivity index (χ1v) is 12.9. The van der Waals surface area contributed by atoms with E-state index in [1.165, 1.54) is 32.2 Å². The molecule has 1 aromatic heterocycles. The highest BCUT2D eigenvalue weighted by Gasteiger charge is 2.18. The Morgan fingerprint density at radius 1 is 0.897 bits per heavy atom. The Morgan fingerprint density at radius 2 is 1.54 bits per heavy atom. The summed E-state index contributed by atoms with van der Waals surface area (Å²) in [5.74, 6) is 2.72. The van der Waals surface area contributed by atoms with Gasteiger partial charge in [-0.05, 0) is 31.2 Å². The van der Waals surface area contributed by atoms with Crippen molar-refractivity contribution in [2.45, 2.75) is 12.1 Å². The van der Waals surface area contributed by atoms with Crippen LogP contribution in [0, 0.1) is 6.92 Å². The van der Waals surface area contributed by atoms with Crippen LogP contribution in [0.1, 0.15) is 11.1 Å². The fourth-order valence-corrected chi connectivity index (χ4v) is 4.45. The molecule has 3 aromatic carbocycles. The van der Waals surface area contributed by atoms with E-state index in [0.717, 1.165) is 22.6 Å². The Hall–Kier alpha value is -4.51. The second kappa shape index (κ2) is 12.8. The van der Waals surface area contributed by atoms with E-state index in [9.17, 15) is 4.79 Å². The minimum atomic E-state index is -0.316. The minimum Gasteiger partial charge on any atom is -0.497 e. The van der Waals surface area contributed by atoms with Gasteiger partial charge in [0, 0.05) is 23.4 Å². The highest BCUT2D eigenvalue weighted by Crippen LogP contribution is 2.33. The number of ether oxygens (including phenoxy) is 4. The van der Waals surface area contributed by atoms with E-state index in [0.29, 0.717) is 33.8 Å². The van der Waals surface area contributed by atoms with Gasteiger partial charge in [-0.2, -0.15) is 5.10 Å². The molecule has 1 heterocycles. The third kappa shape index (κ3) is 6.50. The number of hydrogen-bond acceptors (Lipinski definition) is 9. The number of nitrogens with one attached hydrogen (secondary N) is 1. The summed E-state index contributed by atoms with van der Waals surface area (Å²) in [6.07, 6.45) is 1.47. The minimum absolute atomic E-state index is 0.0659. The molecule has 0 saturated heterocycles. The van der Waals surface area contributed by atoms with Gasteiger partial charge in [0.1, 0.15) is 23.0 Å². The number of carbonyl (C=O) groups excluding carboxylic acids is 1. The predicted octanol–water partition coefficient (Wildman–Crippen LogP) is 4.52. The van der Waals surface area contributed by atoms with Gasteiger partial charge >= 0.3 is 0 Å². The van der Waals surface area contributed by atoms with E-state index in [1.807, 2.05) is 60.0 Å². The SMILES string of the molecule is COc1ccc(-n2c(SCC(=O)NN=Cc3c(OC)cc(OC)cc3OC)nnc2-c2ccc(C)cc2)cc1. The van der Waals surface area contributed by atoms with E-state index in [-0.39, 0.29) is 11.7 Å². The molecular weight excluding hydrogens is 518 g/mol. The zero-order valence-corrected chi connectivity index (χ0v) is 23.1. The van der Waals surface area contributed by atoms with Crippen LogP contribution in [0.15, 0.2) is 70.9 Å². The van der Waals surface area contributed by atoms with Gasteiger partial charge in [-0.15, -0.1) is 10.2 Å². The van der Waals surface area contributed by atoms with Crippen LogP contribution in [0.3, 0.4) is 0 Å². The second-order valence-electron chi connectivity index (χ2n) is 8.23. The molecule has 0 aliphatic heterocycles. The lowest BCUT2D eigenvalue weighted by molar-refractivity contribution is -0.118. The quantitative estimate of drug-likeness (QED) is 0.166. The average molecular weight is 548 g/mol. The van der Waals surface area contributed by atoms with E-state index in [2.05, 4.69) is 20.7 Å². The number of benzene rings is 3. The Labute approximate surface area is 231 Å². The summed E-state index contributed by atoms with van der Waals surface area (Å²) in [4.78, 5) is 12.7. The molecule has 39 heavy (non-hydrogen) atoms. The lowest BCUT2D eigenvalue weighted by atomic mass is 10.1. The number of amides is 1. The van der Waals surface area contributed by atoms with Crippen LogP contribution in [-0.2, 0) is 4.79 Å². The van der Waals surface area contributed by atoms with Crippen LogP contribution in [0.4, 0.5) is 0 Å². The highest BCUT2D eigenvalue weighted by molar-refractivity contribution is 7.99. The number of aromatic nitrogens is 3. The maximum Gasteiger partial charge on any atom is 0.250 e. The van der Waals surface area contributed by atoms with Gasteiger partial charge in [0.2, 0.25) is 0 Å². The molecule has 0 unspecified atom stereocenters. The van der Waals surface area contributed by atoms with Crippen molar-refractivity contribution in [2.75, 3.05) is 34.2 Å². The Kier molecular flexibility index (Phi) is 9.06. The molecule has 10 nitrogen and oxygen atoms in total. The highest BCUT2D eigenvalue weighted by atomic mass is 32.2. The lowest BCUT2D eigenvalue weighted by Gasteiger charge is -2.12. The van der Waals surface area contributed by atoms with Gasteiger partial charge in [-0.25, -0.2) is 5.43 Å². The average Bonchev–Trinajstić information content (AvgIpc) is 3.40. The topological polar surface area (TPSA) is 109 Å². The molecule has 0 bridgehead atoms. The van der Waals surface area contributed by atoms with E-state index in [4.69, 9.17) is 18.9 Å². The molecule has 0 aliphatic rings. The molecule has 0 aliphatic carbocycles. The first-order chi connectivity index (χ1) is 19.0. The van der Waals surface area contributed by atoms with Gasteiger partial charge in [0.25, 0.3) is 5.91 Å². The normalized spacial score (nSPS) is 10.9. The number of rotatable bonds is 11. The van der Waals surface area contributed by atoms with Crippen molar-refractivity contribution in [3.8, 4) is 40.1 Å². The number of aryl methyl sites for hydroxylation is 1. The Morgan fingerprint density at radius 3 is 2.13 bits per heavy atom. The number of carbonyl (C=O) groups is 1. The zero-order valence-electron chi connectivity index (χ0n) is 22.3. The van der Waals surface area contributed by atoms with Gasteiger partial charge in [0.15, 0.2) is 11.0 Å². The van der Waals surface area contributed by atoms with Crippen molar-refractivity contribution in [2.24, 2.45) is 5.10 Å². The van der Waals surface area contributed by atoms with Gasteiger partial charge in [-0.1, -0.05) is 41.6 Å². The van der Waals surface area contributed by atoms with Crippen molar-refractivity contribution in [1.29, 1.82) is 0 Å². The lowest BCUT2D eigenvalue weighted by Crippen LogP contribution is -2.20. The molecule has 0 fully saturated rings. The largest absolute Gasteiger partial charge is 0.497 e. The second-order valence-corrected chi connectivity index (χ2v) is 9.18. The third-order valence-electron chi connectivity index (χ3n) is 5.74. The van der Waals surface area contributed by atoms with Crippen molar-refractivity contribution in [3.05, 3.63) is 71.8 Å². The fourth-order valence-electron chi connectivity index (χ4n) is 3.71. The zero-order chi connectivity index (χ0) is 27.8. The van der Waals surface area contributed by atoms with Crippen molar-refractivity contribution < 1.29 is 23.7 Å². The summed E-state index contributed by atoms with van der Waals surface area (Å²) in [7, 11) is 6.24. The Balaban J connectivity index is 1.52. The Bertz CT molecular complexity index is 1430. The summed E-state index contributed by atoms with van der Waals surface area (Å²) in [6, 6.07) is 19.0. The molecule has 1 N–H and O–H groups in total. The first-order valence-electron chi connectivity index (χ1n) is 11.9. The molecule has 11 heteroatoms. The molecule has 202 valence electrons. The molecule has 1 amide bonds. The maximum atomic E-state index is 12.7. The van der Waals surface area contributed by atoms with Crippen LogP contribution in [0.2, 0.25) is 0 Å². The van der Waals surface area contributed by atoms with Gasteiger partial charge in [0.05, 0.1) is 46.0 Å². The summed E-state index contributed by atoms with van der Waals surface area (Å²) < 4.78 is 23.3. The predicted molar refractivity (Wildman–Crippen MR) is 151 cm³/mol. The number of thioether (sulfide) groups is 1. The monoisotopic (exact) mass is 547 g/mol. The third-order valence-corrected chi connectivity index (χ3v) is 6.67. The van der Waals surface area contributed by atoms with Crippen molar-refractivity contribution >= 4 is 23.9 Å². The summed E-state index contributed by atoms with van der Waals surface area (Å²) in [6.45, 7) is 2.03. The summed E-state index contributed by atoms with van der Waals surface area (Å²) in [5, 5.41) is 13.5. The fraction of sp³-hybridized carbons (Fsp3) is 0.214.